The zero-order chi connectivity index (χ0) is 13.8. The Hall–Kier alpha value is -1.63. The number of carbonyl (C=O) groups is 1. The summed E-state index contributed by atoms with van der Waals surface area (Å²) in [4.78, 5) is 20.5. The first-order valence-corrected chi connectivity index (χ1v) is 6.73. The first-order chi connectivity index (χ1) is 9.10. The smallest absolute Gasteiger partial charge is 0.244 e. The normalized spacial score (nSPS) is 21.4. The van der Waals surface area contributed by atoms with Gasteiger partial charge in [-0.15, -0.1) is 5.10 Å². The van der Waals surface area contributed by atoms with E-state index in [4.69, 9.17) is 5.73 Å². The van der Waals surface area contributed by atoms with Crippen LogP contribution in [-0.2, 0) is 11.3 Å². The van der Waals surface area contributed by atoms with Crippen LogP contribution in [0.1, 0.15) is 19.8 Å². The predicted molar refractivity (Wildman–Crippen MR) is 72.3 cm³/mol. The van der Waals surface area contributed by atoms with Crippen molar-refractivity contribution >= 4 is 11.9 Å². The molecule has 1 aliphatic rings. The molecule has 19 heavy (non-hydrogen) atoms. The van der Waals surface area contributed by atoms with Gasteiger partial charge < -0.3 is 15.5 Å². The summed E-state index contributed by atoms with van der Waals surface area (Å²) in [6.07, 6.45) is 3.48. The molecular weight excluding hydrogens is 244 g/mol. The van der Waals surface area contributed by atoms with E-state index in [9.17, 15) is 4.79 Å². The van der Waals surface area contributed by atoms with Crippen molar-refractivity contribution < 1.29 is 4.79 Å². The largest absolute Gasteiger partial charge is 0.367 e. The van der Waals surface area contributed by atoms with Crippen LogP contribution < -0.4 is 5.73 Å². The lowest BCUT2D eigenvalue weighted by Gasteiger charge is -2.30. The highest BCUT2D eigenvalue weighted by atomic mass is 16.2. The molecule has 1 atom stereocenters. The number of rotatable bonds is 3. The second-order valence-corrected chi connectivity index (χ2v) is 5.07. The predicted octanol–water partition coefficient (Wildman–Crippen LogP) is -0.197. The number of carbonyl (C=O) groups excluding carboxylic acids is 1. The Morgan fingerprint density at radius 2 is 2.32 bits per heavy atom. The lowest BCUT2D eigenvalue weighted by atomic mass is 10.2. The number of nitrogens with zero attached hydrogens (tertiary/aromatic N) is 5. The summed E-state index contributed by atoms with van der Waals surface area (Å²) in [6.45, 7) is 5.12. The SMILES string of the molecule is CCC1CN(C)CCCN1C(=O)Cn1cnc(N)n1. The molecule has 0 spiro atoms. The van der Waals surface area contributed by atoms with Crippen molar-refractivity contribution in [2.24, 2.45) is 0 Å². The van der Waals surface area contributed by atoms with E-state index >= 15 is 0 Å². The van der Waals surface area contributed by atoms with Gasteiger partial charge in [0.05, 0.1) is 0 Å². The highest BCUT2D eigenvalue weighted by molar-refractivity contribution is 5.76. The van der Waals surface area contributed by atoms with Gasteiger partial charge in [0.25, 0.3) is 0 Å². The van der Waals surface area contributed by atoms with Crippen molar-refractivity contribution in [3.8, 4) is 0 Å². The molecule has 106 valence electrons. The molecule has 2 N–H and O–H groups in total. The second kappa shape index (κ2) is 6.01. The third-order valence-electron chi connectivity index (χ3n) is 3.55. The molecule has 1 saturated heterocycles. The van der Waals surface area contributed by atoms with Crippen molar-refractivity contribution in [1.29, 1.82) is 0 Å². The van der Waals surface area contributed by atoms with Gasteiger partial charge in [0.15, 0.2) is 0 Å². The van der Waals surface area contributed by atoms with Crippen LogP contribution in [0.25, 0.3) is 0 Å². The molecule has 2 rings (SSSR count). The van der Waals surface area contributed by atoms with Gasteiger partial charge in [-0.05, 0) is 26.4 Å². The fraction of sp³-hybridized carbons (Fsp3) is 0.750. The second-order valence-electron chi connectivity index (χ2n) is 5.07. The van der Waals surface area contributed by atoms with Crippen LogP contribution in [0.3, 0.4) is 0 Å². The molecule has 1 aromatic heterocycles. The third-order valence-corrected chi connectivity index (χ3v) is 3.55. The van der Waals surface area contributed by atoms with Gasteiger partial charge in [-0.25, -0.2) is 9.67 Å². The number of aromatic nitrogens is 3. The van der Waals surface area contributed by atoms with Gasteiger partial charge in [0.2, 0.25) is 11.9 Å². The van der Waals surface area contributed by atoms with Crippen LogP contribution >= 0.6 is 0 Å². The molecule has 7 heteroatoms. The van der Waals surface area contributed by atoms with Gasteiger partial charge in [-0.2, -0.15) is 0 Å². The van der Waals surface area contributed by atoms with Crippen molar-refractivity contribution in [2.45, 2.75) is 32.4 Å². The highest BCUT2D eigenvalue weighted by Crippen LogP contribution is 2.12. The Balaban J connectivity index is 2.03. The molecule has 2 heterocycles. The van der Waals surface area contributed by atoms with Crippen molar-refractivity contribution in [3.63, 3.8) is 0 Å². The van der Waals surface area contributed by atoms with Gasteiger partial charge in [-0.3, -0.25) is 4.79 Å². The molecule has 1 unspecified atom stereocenters. The van der Waals surface area contributed by atoms with Crippen molar-refractivity contribution in [2.75, 3.05) is 32.4 Å². The third kappa shape index (κ3) is 3.44. The molecule has 0 aromatic carbocycles. The zero-order valence-electron chi connectivity index (χ0n) is 11.6. The van der Waals surface area contributed by atoms with Gasteiger partial charge >= 0.3 is 0 Å². The number of amides is 1. The molecule has 0 saturated carbocycles. The Morgan fingerprint density at radius 1 is 1.53 bits per heavy atom. The minimum absolute atomic E-state index is 0.0899. The average Bonchev–Trinajstić information content (AvgIpc) is 2.67. The number of nitrogen functional groups attached to an aromatic ring is 1. The van der Waals surface area contributed by atoms with E-state index in [0.29, 0.717) is 0 Å². The Morgan fingerprint density at radius 3 is 2.95 bits per heavy atom. The van der Waals surface area contributed by atoms with E-state index in [1.807, 2.05) is 4.90 Å². The first-order valence-electron chi connectivity index (χ1n) is 6.73. The Bertz CT molecular complexity index is 432. The zero-order valence-corrected chi connectivity index (χ0v) is 11.6. The molecule has 1 amide bonds. The standard InChI is InChI=1S/C12H22N6O/c1-3-10-7-16(2)5-4-6-18(10)11(19)8-17-9-14-12(13)15-17/h9-10H,3-8H2,1-2H3,(H2,13,15). The first kappa shape index (κ1) is 13.8. The number of nitrogens with two attached hydrogens (primary N) is 1. The summed E-state index contributed by atoms with van der Waals surface area (Å²) in [5, 5.41) is 3.96. The van der Waals surface area contributed by atoms with E-state index in [0.717, 1.165) is 32.5 Å². The summed E-state index contributed by atoms with van der Waals surface area (Å²) < 4.78 is 1.50. The minimum atomic E-state index is 0.0899. The number of anilines is 1. The Kier molecular flexibility index (Phi) is 4.36. The van der Waals surface area contributed by atoms with Gasteiger partial charge in [0.1, 0.15) is 12.9 Å². The summed E-state index contributed by atoms with van der Waals surface area (Å²) in [7, 11) is 2.11. The maximum atomic E-state index is 12.4. The van der Waals surface area contributed by atoms with Crippen LogP contribution in [0, 0.1) is 0 Å². The summed E-state index contributed by atoms with van der Waals surface area (Å²) in [5.41, 5.74) is 5.45. The summed E-state index contributed by atoms with van der Waals surface area (Å²) in [6, 6.07) is 0.279. The fourth-order valence-electron chi connectivity index (χ4n) is 2.54. The molecule has 0 aliphatic carbocycles. The molecule has 7 nitrogen and oxygen atoms in total. The maximum Gasteiger partial charge on any atom is 0.244 e. The van der Waals surface area contributed by atoms with E-state index in [1.165, 1.54) is 11.0 Å². The monoisotopic (exact) mass is 266 g/mol. The van der Waals surface area contributed by atoms with Crippen LogP contribution in [-0.4, -0.2) is 63.2 Å². The molecule has 1 fully saturated rings. The minimum Gasteiger partial charge on any atom is -0.367 e. The quantitative estimate of drug-likeness (QED) is 0.819. The van der Waals surface area contributed by atoms with E-state index in [1.54, 1.807) is 0 Å². The number of hydrogen-bond acceptors (Lipinski definition) is 5. The highest BCUT2D eigenvalue weighted by Gasteiger charge is 2.26. The van der Waals surface area contributed by atoms with Crippen LogP contribution in [0.4, 0.5) is 5.95 Å². The van der Waals surface area contributed by atoms with E-state index in [-0.39, 0.29) is 24.4 Å². The molecule has 0 radical (unpaired) electrons. The maximum absolute atomic E-state index is 12.4. The number of hydrogen-bond donors (Lipinski definition) is 1. The fourth-order valence-corrected chi connectivity index (χ4v) is 2.54. The van der Waals surface area contributed by atoms with Gasteiger partial charge in [0, 0.05) is 19.1 Å². The molecule has 1 aliphatic heterocycles. The molecule has 0 bridgehead atoms. The topological polar surface area (TPSA) is 80.3 Å². The summed E-state index contributed by atoms with van der Waals surface area (Å²) in [5.74, 6) is 0.294. The number of likely N-dealkylation sites (N-methyl/N-ethyl adjacent to an activating group) is 1. The lowest BCUT2D eigenvalue weighted by molar-refractivity contribution is -0.134. The van der Waals surface area contributed by atoms with Crippen LogP contribution in [0.5, 0.6) is 0 Å². The lowest BCUT2D eigenvalue weighted by Crippen LogP contribution is -2.44. The summed E-state index contributed by atoms with van der Waals surface area (Å²) >= 11 is 0. The van der Waals surface area contributed by atoms with Gasteiger partial charge in [-0.1, -0.05) is 6.92 Å². The average molecular weight is 266 g/mol. The van der Waals surface area contributed by atoms with Crippen molar-refractivity contribution in [1.82, 2.24) is 24.6 Å². The molecular formula is C12H22N6O. The van der Waals surface area contributed by atoms with E-state index < -0.39 is 0 Å². The molecule has 1 aromatic rings. The van der Waals surface area contributed by atoms with E-state index in [2.05, 4.69) is 29.0 Å². The Labute approximate surface area is 113 Å². The van der Waals surface area contributed by atoms with Crippen molar-refractivity contribution in [3.05, 3.63) is 6.33 Å². The van der Waals surface area contributed by atoms with Crippen LogP contribution in [0.15, 0.2) is 6.33 Å². The van der Waals surface area contributed by atoms with Crippen LogP contribution in [0.2, 0.25) is 0 Å².